The molecule has 1 fully saturated rings. The molecule has 16 heavy (non-hydrogen) atoms. The summed E-state index contributed by atoms with van der Waals surface area (Å²) in [6, 6.07) is 0. The first-order chi connectivity index (χ1) is 7.49. The first-order valence-corrected chi connectivity index (χ1v) is 6.80. The van der Waals surface area contributed by atoms with Gasteiger partial charge in [-0.15, -0.1) is 0 Å². The van der Waals surface area contributed by atoms with Crippen LogP contribution < -0.4 is 5.73 Å². The van der Waals surface area contributed by atoms with Crippen LogP contribution in [0.25, 0.3) is 0 Å². The van der Waals surface area contributed by atoms with E-state index in [0.29, 0.717) is 12.0 Å². The Morgan fingerprint density at radius 1 is 1.31 bits per heavy atom. The van der Waals surface area contributed by atoms with Crippen LogP contribution >= 0.6 is 0 Å². The second-order valence-electron chi connectivity index (χ2n) is 6.29. The second kappa shape index (κ2) is 5.50. The SMILES string of the molecule is CCC(C)(C)C1CCC(CN)(CCO)CC1. The molecule has 0 radical (unpaired) electrons. The average Bonchev–Trinajstić information content (AvgIpc) is 2.30. The summed E-state index contributed by atoms with van der Waals surface area (Å²) >= 11 is 0. The summed E-state index contributed by atoms with van der Waals surface area (Å²) in [6.45, 7) is 8.10. The molecule has 1 saturated carbocycles. The van der Waals surface area contributed by atoms with E-state index in [1.54, 1.807) is 0 Å². The van der Waals surface area contributed by atoms with Crippen molar-refractivity contribution in [2.45, 2.75) is 59.3 Å². The van der Waals surface area contributed by atoms with Gasteiger partial charge >= 0.3 is 0 Å². The first kappa shape index (κ1) is 14.0. The Morgan fingerprint density at radius 2 is 1.88 bits per heavy atom. The Kier molecular flexibility index (Phi) is 4.81. The van der Waals surface area contributed by atoms with E-state index < -0.39 is 0 Å². The van der Waals surface area contributed by atoms with E-state index in [4.69, 9.17) is 10.8 Å². The molecule has 1 aliphatic carbocycles. The zero-order valence-corrected chi connectivity index (χ0v) is 11.3. The second-order valence-corrected chi connectivity index (χ2v) is 6.29. The molecule has 0 heterocycles. The molecule has 2 heteroatoms. The molecular weight excluding hydrogens is 198 g/mol. The van der Waals surface area contributed by atoms with Crippen molar-refractivity contribution in [2.24, 2.45) is 22.5 Å². The number of hydrogen-bond donors (Lipinski definition) is 2. The van der Waals surface area contributed by atoms with E-state index in [2.05, 4.69) is 20.8 Å². The predicted molar refractivity (Wildman–Crippen MR) is 69.2 cm³/mol. The summed E-state index contributed by atoms with van der Waals surface area (Å²) in [4.78, 5) is 0. The van der Waals surface area contributed by atoms with E-state index in [1.165, 1.54) is 32.1 Å². The van der Waals surface area contributed by atoms with Crippen LogP contribution in [0.2, 0.25) is 0 Å². The van der Waals surface area contributed by atoms with Crippen molar-refractivity contribution in [3.05, 3.63) is 0 Å². The Labute approximate surface area is 101 Å². The highest BCUT2D eigenvalue weighted by molar-refractivity contribution is 4.90. The summed E-state index contributed by atoms with van der Waals surface area (Å²) < 4.78 is 0. The fraction of sp³-hybridized carbons (Fsp3) is 1.00. The predicted octanol–water partition coefficient (Wildman–Crippen LogP) is 2.94. The Morgan fingerprint density at radius 3 is 2.25 bits per heavy atom. The molecular formula is C14H29NO. The van der Waals surface area contributed by atoms with Crippen molar-refractivity contribution in [3.8, 4) is 0 Å². The van der Waals surface area contributed by atoms with Crippen LogP contribution in [0.3, 0.4) is 0 Å². The standard InChI is InChI=1S/C14H29NO/c1-4-13(2,3)12-5-7-14(11-15,8-6-12)9-10-16/h12,16H,4-11,15H2,1-3H3. The van der Waals surface area contributed by atoms with E-state index in [1.807, 2.05) is 0 Å². The van der Waals surface area contributed by atoms with E-state index >= 15 is 0 Å². The van der Waals surface area contributed by atoms with Gasteiger partial charge in [0.25, 0.3) is 0 Å². The third kappa shape index (κ3) is 2.98. The molecule has 2 nitrogen and oxygen atoms in total. The molecule has 1 aliphatic rings. The van der Waals surface area contributed by atoms with Gasteiger partial charge in [-0.2, -0.15) is 0 Å². The summed E-state index contributed by atoms with van der Waals surface area (Å²) in [5.41, 5.74) is 6.62. The highest BCUT2D eigenvalue weighted by atomic mass is 16.3. The van der Waals surface area contributed by atoms with Crippen LogP contribution in [0.5, 0.6) is 0 Å². The number of rotatable bonds is 5. The van der Waals surface area contributed by atoms with Crippen LogP contribution in [0.1, 0.15) is 59.3 Å². The smallest absolute Gasteiger partial charge is 0.0436 e. The van der Waals surface area contributed by atoms with Gasteiger partial charge in [-0.05, 0) is 55.4 Å². The first-order valence-electron chi connectivity index (χ1n) is 6.80. The third-order valence-electron chi connectivity index (χ3n) is 5.14. The monoisotopic (exact) mass is 227 g/mol. The Balaban J connectivity index is 2.55. The summed E-state index contributed by atoms with van der Waals surface area (Å²) in [6.07, 6.45) is 7.14. The van der Waals surface area contributed by atoms with Gasteiger partial charge in [0.2, 0.25) is 0 Å². The summed E-state index contributed by atoms with van der Waals surface area (Å²) in [5.74, 6) is 0.843. The molecule has 0 aromatic carbocycles. The van der Waals surface area contributed by atoms with Crippen LogP contribution in [-0.4, -0.2) is 18.3 Å². The number of nitrogens with two attached hydrogens (primary N) is 1. The van der Waals surface area contributed by atoms with Gasteiger partial charge in [-0.1, -0.05) is 27.2 Å². The Hall–Kier alpha value is -0.0800. The Bertz CT molecular complexity index is 205. The van der Waals surface area contributed by atoms with Gasteiger partial charge in [-0.25, -0.2) is 0 Å². The molecule has 1 rings (SSSR count). The van der Waals surface area contributed by atoms with Gasteiger partial charge in [-0.3, -0.25) is 0 Å². The van der Waals surface area contributed by atoms with Crippen molar-refractivity contribution < 1.29 is 5.11 Å². The molecule has 0 bridgehead atoms. The zero-order chi connectivity index (χ0) is 12.2. The fourth-order valence-corrected chi connectivity index (χ4v) is 3.09. The molecule has 0 spiro atoms. The van der Waals surface area contributed by atoms with Crippen molar-refractivity contribution in [3.63, 3.8) is 0 Å². The molecule has 0 aromatic heterocycles. The average molecular weight is 227 g/mol. The van der Waals surface area contributed by atoms with Gasteiger partial charge < -0.3 is 10.8 Å². The molecule has 0 aliphatic heterocycles. The summed E-state index contributed by atoms with van der Waals surface area (Å²) in [5, 5.41) is 9.13. The lowest BCUT2D eigenvalue weighted by Gasteiger charge is -2.44. The van der Waals surface area contributed by atoms with Gasteiger partial charge in [0.1, 0.15) is 0 Å². The van der Waals surface area contributed by atoms with E-state index in [9.17, 15) is 0 Å². The van der Waals surface area contributed by atoms with Crippen molar-refractivity contribution in [1.29, 1.82) is 0 Å². The molecule has 0 unspecified atom stereocenters. The topological polar surface area (TPSA) is 46.2 Å². The van der Waals surface area contributed by atoms with Crippen molar-refractivity contribution in [1.82, 2.24) is 0 Å². The molecule has 0 atom stereocenters. The minimum absolute atomic E-state index is 0.245. The van der Waals surface area contributed by atoms with Crippen LogP contribution in [0.15, 0.2) is 0 Å². The maximum atomic E-state index is 9.13. The van der Waals surface area contributed by atoms with Crippen molar-refractivity contribution in [2.75, 3.05) is 13.2 Å². The van der Waals surface area contributed by atoms with Gasteiger partial charge in [0, 0.05) is 6.61 Å². The van der Waals surface area contributed by atoms with Crippen LogP contribution in [0.4, 0.5) is 0 Å². The maximum Gasteiger partial charge on any atom is 0.0436 e. The van der Waals surface area contributed by atoms with Gasteiger partial charge in [0.15, 0.2) is 0 Å². The lowest BCUT2D eigenvalue weighted by molar-refractivity contribution is 0.0616. The lowest BCUT2D eigenvalue weighted by atomic mass is 9.62. The third-order valence-corrected chi connectivity index (χ3v) is 5.14. The zero-order valence-electron chi connectivity index (χ0n) is 11.3. The molecule has 96 valence electrons. The molecule has 0 saturated heterocycles. The van der Waals surface area contributed by atoms with Crippen LogP contribution in [0, 0.1) is 16.7 Å². The minimum atomic E-state index is 0.245. The molecule has 0 amide bonds. The number of aliphatic hydroxyl groups is 1. The van der Waals surface area contributed by atoms with E-state index in [-0.39, 0.29) is 5.41 Å². The maximum absolute atomic E-state index is 9.13. The van der Waals surface area contributed by atoms with E-state index in [0.717, 1.165) is 18.9 Å². The largest absolute Gasteiger partial charge is 0.396 e. The quantitative estimate of drug-likeness (QED) is 0.758. The highest BCUT2D eigenvalue weighted by Gasteiger charge is 2.38. The normalized spacial score (nSPS) is 31.7. The minimum Gasteiger partial charge on any atom is -0.396 e. The number of hydrogen-bond acceptors (Lipinski definition) is 2. The fourth-order valence-electron chi connectivity index (χ4n) is 3.09. The highest BCUT2D eigenvalue weighted by Crippen LogP contribution is 2.47. The summed E-state index contributed by atoms with van der Waals surface area (Å²) in [7, 11) is 0. The van der Waals surface area contributed by atoms with Crippen molar-refractivity contribution >= 4 is 0 Å². The van der Waals surface area contributed by atoms with Crippen LogP contribution in [-0.2, 0) is 0 Å². The lowest BCUT2D eigenvalue weighted by Crippen LogP contribution is -2.38. The molecule has 3 N–H and O–H groups in total. The molecule has 0 aromatic rings. The number of aliphatic hydroxyl groups excluding tert-OH is 1. The van der Waals surface area contributed by atoms with Gasteiger partial charge in [0.05, 0.1) is 0 Å².